The molecule has 1 aliphatic heterocycles. The summed E-state index contributed by atoms with van der Waals surface area (Å²) in [5.41, 5.74) is 0. The number of hydrogen-bond acceptors (Lipinski definition) is 2. The molecule has 0 aromatic heterocycles. The van der Waals surface area contributed by atoms with Gasteiger partial charge in [-0.25, -0.2) is 0 Å². The van der Waals surface area contributed by atoms with Gasteiger partial charge in [-0.3, -0.25) is 4.79 Å². The van der Waals surface area contributed by atoms with Gasteiger partial charge < -0.3 is 9.50 Å². The number of amides is 1. The van der Waals surface area contributed by atoms with Crippen molar-refractivity contribution in [3.63, 3.8) is 0 Å². The van der Waals surface area contributed by atoms with Gasteiger partial charge in [0.1, 0.15) is 0 Å². The molecular formula is C11H23NO2S. The zero-order chi connectivity index (χ0) is 11.7. The van der Waals surface area contributed by atoms with E-state index in [2.05, 4.69) is 38.6 Å². The van der Waals surface area contributed by atoms with Gasteiger partial charge in [0.15, 0.2) is 0 Å². The van der Waals surface area contributed by atoms with E-state index in [-0.39, 0.29) is 16.7 Å². The van der Waals surface area contributed by atoms with Crippen LogP contribution in [0.25, 0.3) is 0 Å². The Kier molecular flexibility index (Phi) is 3.71. The molecule has 90 valence electrons. The maximum atomic E-state index is 11.0. The van der Waals surface area contributed by atoms with Crippen molar-refractivity contribution in [3.8, 4) is 0 Å². The molecule has 0 aliphatic carbocycles. The third-order valence-corrected chi connectivity index (χ3v) is 6.80. The van der Waals surface area contributed by atoms with Crippen molar-refractivity contribution in [2.75, 3.05) is 19.1 Å². The van der Waals surface area contributed by atoms with E-state index in [0.29, 0.717) is 13.0 Å². The van der Waals surface area contributed by atoms with Crippen molar-refractivity contribution in [3.05, 3.63) is 0 Å². The average Bonchev–Trinajstić information content (AvgIpc) is 2.46. The van der Waals surface area contributed by atoms with Crippen LogP contribution in [0.1, 0.15) is 33.6 Å². The van der Waals surface area contributed by atoms with Crippen molar-refractivity contribution in [1.82, 2.24) is 5.32 Å². The van der Waals surface area contributed by atoms with Crippen LogP contribution in [0.2, 0.25) is 0 Å². The topological polar surface area (TPSA) is 38.3 Å². The van der Waals surface area contributed by atoms with Crippen molar-refractivity contribution >= 4 is 16.2 Å². The second-order valence-corrected chi connectivity index (χ2v) is 9.36. The molecule has 1 heterocycles. The quantitative estimate of drug-likeness (QED) is 0.810. The summed E-state index contributed by atoms with van der Waals surface area (Å²) in [7, 11) is -1.05. The first-order chi connectivity index (χ1) is 6.72. The van der Waals surface area contributed by atoms with Crippen molar-refractivity contribution < 1.29 is 8.98 Å². The van der Waals surface area contributed by atoms with Crippen LogP contribution in [0.3, 0.4) is 0 Å². The lowest BCUT2D eigenvalue weighted by molar-refractivity contribution is -0.119. The minimum Gasteiger partial charge on any atom is -0.351 e. The van der Waals surface area contributed by atoms with Crippen LogP contribution >= 0.6 is 10.3 Å². The first-order valence-electron chi connectivity index (χ1n) is 5.39. The lowest BCUT2D eigenvalue weighted by Gasteiger charge is -2.44. The van der Waals surface area contributed by atoms with Crippen LogP contribution < -0.4 is 5.32 Å². The molecule has 0 radical (unpaired) electrons. The third kappa shape index (κ3) is 3.38. The molecule has 0 spiro atoms. The van der Waals surface area contributed by atoms with E-state index in [9.17, 15) is 4.79 Å². The summed E-state index contributed by atoms with van der Waals surface area (Å²) < 4.78 is 6.18. The van der Waals surface area contributed by atoms with Gasteiger partial charge in [-0.15, -0.1) is 10.3 Å². The molecule has 1 N–H and O–H groups in total. The van der Waals surface area contributed by atoms with E-state index in [1.54, 1.807) is 0 Å². The summed E-state index contributed by atoms with van der Waals surface area (Å²) in [6.07, 6.45) is 5.94. The number of carbonyl (C=O) groups excluding carboxylic acids is 1. The Hall–Kier alpha value is -0.220. The van der Waals surface area contributed by atoms with E-state index in [1.807, 2.05) is 0 Å². The van der Waals surface area contributed by atoms with E-state index in [1.165, 1.54) is 0 Å². The highest BCUT2D eigenvalue weighted by molar-refractivity contribution is 8.29. The summed E-state index contributed by atoms with van der Waals surface area (Å²) in [5, 5.41) is 2.93. The SMILES string of the molecule is CC(C)(C)S(C)(C)OC[C@H]1CCC(=O)N1. The van der Waals surface area contributed by atoms with Crippen LogP contribution in [-0.2, 0) is 8.98 Å². The Labute approximate surface area is 94.5 Å². The van der Waals surface area contributed by atoms with Crippen LogP contribution in [0, 0.1) is 0 Å². The lowest BCUT2D eigenvalue weighted by Crippen LogP contribution is -2.33. The van der Waals surface area contributed by atoms with Gasteiger partial charge in [-0.05, 0) is 18.9 Å². The molecule has 0 aromatic carbocycles. The fraction of sp³-hybridized carbons (Fsp3) is 0.909. The number of rotatable bonds is 3. The van der Waals surface area contributed by atoms with Gasteiger partial charge in [0.25, 0.3) is 0 Å². The number of nitrogens with one attached hydrogen (secondary N) is 1. The molecule has 1 fully saturated rings. The Morgan fingerprint density at radius 1 is 1.47 bits per heavy atom. The average molecular weight is 233 g/mol. The molecular weight excluding hydrogens is 210 g/mol. The fourth-order valence-corrected chi connectivity index (χ4v) is 2.09. The predicted octanol–water partition coefficient (Wildman–Crippen LogP) is 2.06. The highest BCUT2D eigenvalue weighted by Crippen LogP contribution is 2.53. The molecule has 0 bridgehead atoms. The molecule has 1 amide bonds. The highest BCUT2D eigenvalue weighted by atomic mass is 32.3. The molecule has 1 saturated heterocycles. The first kappa shape index (κ1) is 12.8. The molecule has 0 aromatic rings. The second kappa shape index (κ2) is 4.34. The highest BCUT2D eigenvalue weighted by Gasteiger charge is 2.30. The van der Waals surface area contributed by atoms with Gasteiger partial charge in [0, 0.05) is 11.2 Å². The normalized spacial score (nSPS) is 24.1. The molecule has 1 atom stereocenters. The maximum absolute atomic E-state index is 11.0. The van der Waals surface area contributed by atoms with E-state index >= 15 is 0 Å². The monoisotopic (exact) mass is 233 g/mol. The molecule has 1 rings (SSSR count). The van der Waals surface area contributed by atoms with Crippen LogP contribution in [0.4, 0.5) is 0 Å². The van der Waals surface area contributed by atoms with Crippen LogP contribution in [-0.4, -0.2) is 35.8 Å². The second-order valence-electron chi connectivity index (χ2n) is 5.43. The largest absolute Gasteiger partial charge is 0.351 e. The Morgan fingerprint density at radius 2 is 2.07 bits per heavy atom. The standard InChI is InChI=1S/C11H23NO2S/c1-11(2,3)15(4,5)14-8-9-6-7-10(13)12-9/h9H,6-8H2,1-5H3,(H,12,13)/t9-/m1/s1. The third-order valence-electron chi connectivity index (χ3n) is 3.12. The summed E-state index contributed by atoms with van der Waals surface area (Å²) in [6.45, 7) is 7.27. The summed E-state index contributed by atoms with van der Waals surface area (Å²) in [5.74, 6) is 0.159. The van der Waals surface area contributed by atoms with Gasteiger partial charge >= 0.3 is 0 Å². The Morgan fingerprint density at radius 3 is 2.47 bits per heavy atom. The molecule has 0 saturated carbocycles. The Bertz CT molecular complexity index is 245. The van der Waals surface area contributed by atoms with Crippen molar-refractivity contribution in [2.24, 2.45) is 0 Å². The smallest absolute Gasteiger partial charge is 0.220 e. The van der Waals surface area contributed by atoms with Gasteiger partial charge in [0.2, 0.25) is 5.91 Å². The molecule has 15 heavy (non-hydrogen) atoms. The zero-order valence-corrected chi connectivity index (χ0v) is 11.2. The van der Waals surface area contributed by atoms with E-state index < -0.39 is 10.3 Å². The first-order valence-corrected chi connectivity index (χ1v) is 7.76. The maximum Gasteiger partial charge on any atom is 0.220 e. The Balaban J connectivity index is 2.40. The van der Waals surface area contributed by atoms with Crippen molar-refractivity contribution in [2.45, 2.75) is 44.4 Å². The van der Waals surface area contributed by atoms with Gasteiger partial charge in [-0.2, -0.15) is 0 Å². The van der Waals surface area contributed by atoms with Crippen molar-refractivity contribution in [1.29, 1.82) is 0 Å². The fourth-order valence-electron chi connectivity index (χ4n) is 1.23. The summed E-state index contributed by atoms with van der Waals surface area (Å²) in [6, 6.07) is 0.228. The summed E-state index contributed by atoms with van der Waals surface area (Å²) in [4.78, 5) is 11.0. The van der Waals surface area contributed by atoms with Crippen LogP contribution in [0.5, 0.6) is 0 Å². The van der Waals surface area contributed by atoms with E-state index in [0.717, 1.165) is 6.42 Å². The molecule has 3 nitrogen and oxygen atoms in total. The predicted molar refractivity (Wildman–Crippen MR) is 66.3 cm³/mol. The lowest BCUT2D eigenvalue weighted by atomic mass is 10.2. The minimum absolute atomic E-state index is 0.159. The summed E-state index contributed by atoms with van der Waals surface area (Å²) >= 11 is 0. The minimum atomic E-state index is -1.05. The molecule has 0 unspecified atom stereocenters. The zero-order valence-electron chi connectivity index (χ0n) is 10.4. The number of hydrogen-bond donors (Lipinski definition) is 1. The molecule has 4 heteroatoms. The van der Waals surface area contributed by atoms with Gasteiger partial charge in [-0.1, -0.05) is 20.8 Å². The van der Waals surface area contributed by atoms with Gasteiger partial charge in [0.05, 0.1) is 12.6 Å². The number of carbonyl (C=O) groups is 1. The van der Waals surface area contributed by atoms with Crippen LogP contribution in [0.15, 0.2) is 0 Å². The molecule has 1 aliphatic rings. The van der Waals surface area contributed by atoms with E-state index in [4.69, 9.17) is 4.18 Å².